The van der Waals surface area contributed by atoms with Gasteiger partial charge in [0.15, 0.2) is 5.84 Å². The summed E-state index contributed by atoms with van der Waals surface area (Å²) in [5.74, 6) is 1.14. The Hall–Kier alpha value is -2.78. The molecule has 2 nitrogen and oxygen atoms in total. The Morgan fingerprint density at radius 3 is 2.11 bits per heavy atom. The molecule has 3 heteroatoms. The maximum Gasteiger partial charge on any atom is 0.154 e. The summed E-state index contributed by atoms with van der Waals surface area (Å²) in [5.41, 5.74) is 3.80. The van der Waals surface area contributed by atoms with E-state index in [0.29, 0.717) is 0 Å². The van der Waals surface area contributed by atoms with E-state index in [1.54, 1.807) is 0 Å². The van der Waals surface area contributed by atoms with E-state index in [0.717, 1.165) is 11.4 Å². The maximum atomic E-state index is 5.19. The smallest absolute Gasteiger partial charge is 0.154 e. The first-order chi connectivity index (χ1) is 13.2. The van der Waals surface area contributed by atoms with Gasteiger partial charge in [0, 0.05) is 16.8 Å². The van der Waals surface area contributed by atoms with Crippen molar-refractivity contribution in [3.8, 4) is 0 Å². The van der Waals surface area contributed by atoms with Crippen LogP contribution in [0.5, 0.6) is 0 Å². The van der Waals surface area contributed by atoms with Crippen molar-refractivity contribution in [3.05, 3.63) is 102 Å². The summed E-state index contributed by atoms with van der Waals surface area (Å²) >= 11 is 0. The molecule has 0 amide bonds. The predicted molar refractivity (Wildman–Crippen MR) is 116 cm³/mol. The van der Waals surface area contributed by atoms with E-state index in [4.69, 9.17) is 9.98 Å². The van der Waals surface area contributed by atoms with Crippen LogP contribution in [0.15, 0.2) is 94.9 Å². The molecule has 0 bridgehead atoms. The molecule has 0 aliphatic carbocycles. The quantitative estimate of drug-likeness (QED) is 0.578. The highest BCUT2D eigenvalue weighted by Crippen LogP contribution is 2.44. The number of aliphatic imine (C=N–C) groups is 2. The molecule has 5 rings (SSSR count). The van der Waals surface area contributed by atoms with E-state index < -0.39 is 8.07 Å². The van der Waals surface area contributed by atoms with Gasteiger partial charge in [0.2, 0.25) is 0 Å². The fourth-order valence-electron chi connectivity index (χ4n) is 4.53. The molecule has 2 atom stereocenters. The van der Waals surface area contributed by atoms with E-state index in [2.05, 4.69) is 92.0 Å². The molecule has 3 aromatic rings. The van der Waals surface area contributed by atoms with Crippen molar-refractivity contribution < 1.29 is 0 Å². The van der Waals surface area contributed by atoms with Crippen molar-refractivity contribution in [2.24, 2.45) is 9.98 Å². The van der Waals surface area contributed by atoms with Gasteiger partial charge in [0.1, 0.15) is 8.07 Å². The first-order valence-electron chi connectivity index (χ1n) is 9.53. The van der Waals surface area contributed by atoms with Gasteiger partial charge in [-0.1, -0.05) is 98.0 Å². The SMILES string of the molecule is C[Si]1(C)C2=NC(c3ccccc3)=NC(c3ccccc3)C2c2ccccc21. The molecule has 132 valence electrons. The third kappa shape index (κ3) is 2.53. The number of nitrogens with zero attached hydrogens (tertiary/aromatic N) is 2. The van der Waals surface area contributed by atoms with Crippen molar-refractivity contribution in [2.75, 3.05) is 0 Å². The lowest BCUT2D eigenvalue weighted by atomic mass is 9.87. The average Bonchev–Trinajstić information content (AvgIpc) is 2.96. The highest BCUT2D eigenvalue weighted by Gasteiger charge is 2.49. The van der Waals surface area contributed by atoms with Gasteiger partial charge in [0.25, 0.3) is 0 Å². The molecule has 2 aliphatic heterocycles. The van der Waals surface area contributed by atoms with Gasteiger partial charge in [-0.25, -0.2) is 4.99 Å². The summed E-state index contributed by atoms with van der Waals surface area (Å²) in [5, 5.41) is 2.88. The predicted octanol–water partition coefficient (Wildman–Crippen LogP) is 4.88. The zero-order valence-corrected chi connectivity index (χ0v) is 16.6. The van der Waals surface area contributed by atoms with E-state index in [9.17, 15) is 0 Å². The number of fused-ring (bicyclic) bond motifs is 3. The Balaban J connectivity index is 1.74. The normalized spacial score (nSPS) is 22.4. The molecule has 0 radical (unpaired) electrons. The van der Waals surface area contributed by atoms with Gasteiger partial charge in [-0.05, 0) is 16.3 Å². The first-order valence-corrected chi connectivity index (χ1v) is 12.5. The lowest BCUT2D eigenvalue weighted by Gasteiger charge is -2.30. The fourth-order valence-corrected chi connectivity index (χ4v) is 7.76. The molecule has 2 aliphatic rings. The second kappa shape index (κ2) is 6.14. The van der Waals surface area contributed by atoms with Crippen molar-refractivity contribution in [1.82, 2.24) is 0 Å². The minimum Gasteiger partial charge on any atom is -0.257 e. The lowest BCUT2D eigenvalue weighted by Crippen LogP contribution is -2.47. The average molecular weight is 367 g/mol. The molecule has 0 saturated heterocycles. The highest BCUT2D eigenvalue weighted by atomic mass is 28.3. The van der Waals surface area contributed by atoms with Crippen LogP contribution in [0.1, 0.15) is 28.7 Å². The molecule has 0 spiro atoms. The van der Waals surface area contributed by atoms with Gasteiger partial charge < -0.3 is 0 Å². The van der Waals surface area contributed by atoms with Gasteiger partial charge >= 0.3 is 0 Å². The summed E-state index contributed by atoms with van der Waals surface area (Å²) in [7, 11) is -1.80. The number of hydrogen-bond acceptors (Lipinski definition) is 2. The second-order valence-corrected chi connectivity index (χ2v) is 12.2. The summed E-state index contributed by atoms with van der Waals surface area (Å²) in [6.45, 7) is 4.86. The van der Waals surface area contributed by atoms with Crippen LogP contribution in [0.3, 0.4) is 0 Å². The summed E-state index contributed by atoms with van der Waals surface area (Å²) in [4.78, 5) is 10.4. The third-order valence-electron chi connectivity index (χ3n) is 5.88. The number of benzene rings is 3. The Labute approximate surface area is 161 Å². The van der Waals surface area contributed by atoms with E-state index in [1.165, 1.54) is 21.6 Å². The van der Waals surface area contributed by atoms with Crippen LogP contribution in [-0.2, 0) is 0 Å². The Morgan fingerprint density at radius 1 is 0.741 bits per heavy atom. The van der Waals surface area contributed by atoms with Gasteiger partial charge in [-0.2, -0.15) is 0 Å². The number of amidine groups is 1. The van der Waals surface area contributed by atoms with Gasteiger partial charge in [-0.3, -0.25) is 4.99 Å². The highest BCUT2D eigenvalue weighted by molar-refractivity contribution is 7.16. The molecule has 0 aromatic heterocycles. The van der Waals surface area contributed by atoms with Crippen LogP contribution in [0.25, 0.3) is 0 Å². The van der Waals surface area contributed by atoms with Crippen LogP contribution in [0, 0.1) is 0 Å². The number of hydrogen-bond donors (Lipinski definition) is 0. The van der Waals surface area contributed by atoms with Crippen molar-refractivity contribution in [3.63, 3.8) is 0 Å². The van der Waals surface area contributed by atoms with Gasteiger partial charge in [0.05, 0.1) is 6.04 Å². The third-order valence-corrected chi connectivity index (χ3v) is 9.39. The topological polar surface area (TPSA) is 24.7 Å². The molecule has 0 fully saturated rings. The maximum absolute atomic E-state index is 5.19. The summed E-state index contributed by atoms with van der Waals surface area (Å²) in [6.07, 6.45) is 0. The molecular formula is C24H22N2Si. The minimum atomic E-state index is -1.80. The van der Waals surface area contributed by atoms with Crippen LogP contribution < -0.4 is 5.19 Å². The zero-order chi connectivity index (χ0) is 18.4. The monoisotopic (exact) mass is 366 g/mol. The Morgan fingerprint density at radius 2 is 1.37 bits per heavy atom. The molecule has 3 aromatic carbocycles. The van der Waals surface area contributed by atoms with E-state index >= 15 is 0 Å². The van der Waals surface area contributed by atoms with Crippen LogP contribution >= 0.6 is 0 Å². The van der Waals surface area contributed by atoms with Crippen LogP contribution in [-0.4, -0.2) is 19.2 Å². The summed E-state index contributed by atoms with van der Waals surface area (Å²) in [6, 6.07) is 30.1. The first kappa shape index (κ1) is 16.4. The molecule has 27 heavy (non-hydrogen) atoms. The van der Waals surface area contributed by atoms with Crippen molar-refractivity contribution >= 4 is 24.4 Å². The second-order valence-electron chi connectivity index (χ2n) is 7.86. The Kier molecular flexibility index (Phi) is 3.73. The summed E-state index contributed by atoms with van der Waals surface area (Å²) < 4.78 is 0. The standard InChI is InChI=1S/C24H22N2Si/c1-27(2)20-16-10-9-15-19(20)21-22(17-11-5-3-6-12-17)25-23(26-24(21)27)18-13-7-4-8-14-18/h3-16,21-22H,1-2H3. The molecular weight excluding hydrogens is 344 g/mol. The lowest BCUT2D eigenvalue weighted by molar-refractivity contribution is 0.677. The van der Waals surface area contributed by atoms with Crippen LogP contribution in [0.2, 0.25) is 13.1 Å². The van der Waals surface area contributed by atoms with E-state index in [-0.39, 0.29) is 12.0 Å². The van der Waals surface area contributed by atoms with Crippen molar-refractivity contribution in [1.29, 1.82) is 0 Å². The van der Waals surface area contributed by atoms with Crippen molar-refractivity contribution in [2.45, 2.75) is 25.1 Å². The Bertz CT molecular complexity index is 1050. The molecule has 0 N–H and O–H groups in total. The minimum absolute atomic E-state index is 0.0873. The fraction of sp³-hybridized carbons (Fsp3) is 0.167. The zero-order valence-electron chi connectivity index (χ0n) is 15.6. The molecule has 2 unspecified atom stereocenters. The number of rotatable bonds is 2. The van der Waals surface area contributed by atoms with Crippen LogP contribution in [0.4, 0.5) is 0 Å². The largest absolute Gasteiger partial charge is 0.257 e. The van der Waals surface area contributed by atoms with E-state index in [1.807, 2.05) is 6.07 Å². The van der Waals surface area contributed by atoms with Gasteiger partial charge in [-0.15, -0.1) is 0 Å². The molecule has 0 saturated carbocycles. The molecule has 2 heterocycles.